The first-order valence-electron chi connectivity index (χ1n) is 8.46. The summed E-state index contributed by atoms with van der Waals surface area (Å²) in [6.07, 6.45) is -2.70. The van der Waals surface area contributed by atoms with Gasteiger partial charge < -0.3 is 24.7 Å². The molecule has 3 heterocycles. The number of carbonyl (C=O) groups is 3. The molecule has 4 atom stereocenters. The van der Waals surface area contributed by atoms with Crippen molar-refractivity contribution in [3.8, 4) is 0 Å². The molecule has 0 amide bonds. The largest absolute Gasteiger partial charge is 0.463 e. The summed E-state index contributed by atoms with van der Waals surface area (Å²) in [6.45, 7) is 3.39. The number of aromatic nitrogens is 4. The molecular formula is C16H18ClN5O7. The summed E-state index contributed by atoms with van der Waals surface area (Å²) < 4.78 is 23.0. The number of esters is 3. The first-order valence-corrected chi connectivity index (χ1v) is 8.84. The number of hydrogen-bond acceptors (Lipinski definition) is 11. The summed E-state index contributed by atoms with van der Waals surface area (Å²) in [4.78, 5) is 46.6. The molecule has 1 saturated heterocycles. The molecule has 0 saturated carbocycles. The Morgan fingerprint density at radius 1 is 1.14 bits per heavy atom. The van der Waals surface area contributed by atoms with E-state index in [-0.39, 0.29) is 28.9 Å². The van der Waals surface area contributed by atoms with Gasteiger partial charge in [0.25, 0.3) is 0 Å². The maximum atomic E-state index is 11.7. The third-order valence-electron chi connectivity index (χ3n) is 4.01. The highest BCUT2D eigenvalue weighted by atomic mass is 35.5. The van der Waals surface area contributed by atoms with Gasteiger partial charge in [-0.15, -0.1) is 0 Å². The minimum Gasteiger partial charge on any atom is -0.463 e. The Hall–Kier alpha value is -2.99. The zero-order chi connectivity index (χ0) is 21.3. The molecule has 0 bridgehead atoms. The van der Waals surface area contributed by atoms with Crippen LogP contribution in [-0.4, -0.2) is 62.3 Å². The van der Waals surface area contributed by atoms with Gasteiger partial charge in [0, 0.05) is 20.8 Å². The van der Waals surface area contributed by atoms with Gasteiger partial charge in [-0.25, -0.2) is 4.98 Å². The van der Waals surface area contributed by atoms with Crippen molar-refractivity contribution in [1.29, 1.82) is 0 Å². The van der Waals surface area contributed by atoms with Crippen LogP contribution in [0.25, 0.3) is 11.2 Å². The number of hydrogen-bond donors (Lipinski definition) is 1. The Balaban J connectivity index is 2.04. The zero-order valence-corrected chi connectivity index (χ0v) is 16.5. The Labute approximate surface area is 169 Å². The molecule has 0 unspecified atom stereocenters. The quantitative estimate of drug-likeness (QED) is 0.399. The van der Waals surface area contributed by atoms with Crippen LogP contribution in [-0.2, 0) is 33.3 Å². The van der Waals surface area contributed by atoms with Crippen molar-refractivity contribution in [2.75, 3.05) is 12.3 Å². The van der Waals surface area contributed by atoms with E-state index in [1.807, 2.05) is 0 Å². The fraction of sp³-hybridized carbons (Fsp3) is 0.500. The second-order valence-electron chi connectivity index (χ2n) is 6.21. The van der Waals surface area contributed by atoms with E-state index >= 15 is 0 Å². The van der Waals surface area contributed by atoms with Gasteiger partial charge in [0.2, 0.25) is 5.95 Å². The molecule has 0 aliphatic carbocycles. The van der Waals surface area contributed by atoms with Crippen molar-refractivity contribution in [1.82, 2.24) is 19.5 Å². The summed E-state index contributed by atoms with van der Waals surface area (Å²) >= 11 is 6.05. The Bertz CT molecular complexity index is 965. The monoisotopic (exact) mass is 427 g/mol. The van der Waals surface area contributed by atoms with Gasteiger partial charge in [-0.2, -0.15) is 9.97 Å². The highest BCUT2D eigenvalue weighted by Crippen LogP contribution is 2.36. The van der Waals surface area contributed by atoms with Crippen molar-refractivity contribution < 1.29 is 33.3 Å². The second-order valence-corrected chi connectivity index (χ2v) is 6.57. The molecule has 13 heteroatoms. The molecule has 0 aromatic carbocycles. The maximum absolute atomic E-state index is 11.7. The average Bonchev–Trinajstić information content (AvgIpc) is 3.15. The predicted octanol–water partition coefficient (Wildman–Crippen LogP) is 0.386. The molecule has 2 N–H and O–H groups in total. The molecule has 3 rings (SSSR count). The van der Waals surface area contributed by atoms with Gasteiger partial charge in [0.1, 0.15) is 18.2 Å². The smallest absolute Gasteiger partial charge is 0.303 e. The van der Waals surface area contributed by atoms with Gasteiger partial charge in [-0.05, 0) is 0 Å². The van der Waals surface area contributed by atoms with Crippen LogP contribution in [0.15, 0.2) is 6.33 Å². The number of halogens is 1. The van der Waals surface area contributed by atoms with Crippen LogP contribution in [0.3, 0.4) is 0 Å². The van der Waals surface area contributed by atoms with Crippen LogP contribution in [0.4, 0.5) is 5.95 Å². The van der Waals surface area contributed by atoms with Crippen LogP contribution in [0.1, 0.15) is 27.0 Å². The molecule has 2 aromatic heterocycles. The van der Waals surface area contributed by atoms with Crippen LogP contribution in [0.2, 0.25) is 5.15 Å². The van der Waals surface area contributed by atoms with Crippen molar-refractivity contribution in [3.63, 3.8) is 0 Å². The summed E-state index contributed by atoms with van der Waals surface area (Å²) in [5, 5.41) is 0.0290. The first kappa shape index (κ1) is 20.7. The fourth-order valence-electron chi connectivity index (χ4n) is 3.00. The number of nitrogen functional groups attached to an aromatic ring is 1. The SMILES string of the molecule is CC(=O)OC[C@@H]1O[C@@H](n2cnc3c(Cl)nc(N)nc32)[C@@H](OC(C)=O)[C@@H]1OC(C)=O. The number of nitrogens with two attached hydrogens (primary N) is 1. The number of rotatable bonds is 5. The topological polar surface area (TPSA) is 158 Å². The molecule has 29 heavy (non-hydrogen) atoms. The van der Waals surface area contributed by atoms with Crippen molar-refractivity contribution in [3.05, 3.63) is 11.5 Å². The van der Waals surface area contributed by atoms with E-state index in [9.17, 15) is 14.4 Å². The lowest BCUT2D eigenvalue weighted by atomic mass is 10.1. The Kier molecular flexibility index (Phi) is 5.84. The number of carbonyl (C=O) groups excluding carboxylic acids is 3. The van der Waals surface area contributed by atoms with E-state index in [0.29, 0.717) is 0 Å². The fourth-order valence-corrected chi connectivity index (χ4v) is 3.22. The third-order valence-corrected chi connectivity index (χ3v) is 4.27. The van der Waals surface area contributed by atoms with Crippen LogP contribution >= 0.6 is 11.6 Å². The molecule has 1 aliphatic heterocycles. The maximum Gasteiger partial charge on any atom is 0.303 e. The van der Waals surface area contributed by atoms with E-state index < -0.39 is 42.4 Å². The number of fused-ring (bicyclic) bond motifs is 1. The minimum atomic E-state index is -1.08. The molecular weight excluding hydrogens is 410 g/mol. The lowest BCUT2D eigenvalue weighted by molar-refractivity contribution is -0.166. The van der Waals surface area contributed by atoms with Crippen molar-refractivity contribution >= 4 is 46.6 Å². The Morgan fingerprint density at radius 3 is 2.41 bits per heavy atom. The van der Waals surface area contributed by atoms with Crippen LogP contribution in [0.5, 0.6) is 0 Å². The van der Waals surface area contributed by atoms with Gasteiger partial charge in [0.15, 0.2) is 29.2 Å². The second kappa shape index (κ2) is 8.17. The number of ether oxygens (including phenoxy) is 4. The molecule has 0 spiro atoms. The normalized spacial score (nSPS) is 23.7. The highest BCUT2D eigenvalue weighted by Gasteiger charge is 2.51. The number of nitrogens with zero attached hydrogens (tertiary/aromatic N) is 4. The summed E-state index contributed by atoms with van der Waals surface area (Å²) in [5.41, 5.74) is 6.14. The molecule has 12 nitrogen and oxygen atoms in total. The number of anilines is 1. The standard InChI is InChI=1S/C16H18ClN5O7/c1-6(23)26-4-9-11(27-7(2)24)12(28-8(3)25)15(29-9)22-5-19-10-13(17)20-16(18)21-14(10)22/h5,9,11-12,15H,4H2,1-3H3,(H2,18,20,21)/t9-,11+,12-,15+/m0/s1. The predicted molar refractivity (Wildman–Crippen MR) is 96.4 cm³/mol. The summed E-state index contributed by atoms with van der Waals surface area (Å²) in [7, 11) is 0. The third kappa shape index (κ3) is 4.38. The van der Waals surface area contributed by atoms with Crippen LogP contribution in [0, 0.1) is 0 Å². The average molecular weight is 428 g/mol. The van der Waals surface area contributed by atoms with E-state index in [0.717, 1.165) is 0 Å². The van der Waals surface area contributed by atoms with Gasteiger partial charge in [-0.1, -0.05) is 11.6 Å². The van der Waals surface area contributed by atoms with E-state index in [1.54, 1.807) is 0 Å². The Morgan fingerprint density at radius 2 is 1.79 bits per heavy atom. The van der Waals surface area contributed by atoms with Crippen LogP contribution < -0.4 is 5.73 Å². The molecule has 1 fully saturated rings. The summed E-state index contributed by atoms with van der Waals surface area (Å²) in [5.74, 6) is -1.91. The minimum absolute atomic E-state index is 0.0290. The lowest BCUT2D eigenvalue weighted by Crippen LogP contribution is -2.40. The van der Waals surface area contributed by atoms with Gasteiger partial charge >= 0.3 is 17.9 Å². The van der Waals surface area contributed by atoms with Gasteiger partial charge in [-0.3, -0.25) is 19.0 Å². The molecule has 1 aliphatic rings. The van der Waals surface area contributed by atoms with E-state index in [4.69, 9.17) is 36.3 Å². The lowest BCUT2D eigenvalue weighted by Gasteiger charge is -2.23. The first-order chi connectivity index (χ1) is 13.7. The zero-order valence-electron chi connectivity index (χ0n) is 15.7. The summed E-state index contributed by atoms with van der Waals surface area (Å²) in [6, 6.07) is 0. The highest BCUT2D eigenvalue weighted by molar-refractivity contribution is 6.33. The number of imidazole rings is 1. The van der Waals surface area contributed by atoms with Gasteiger partial charge in [0.05, 0.1) is 6.33 Å². The van der Waals surface area contributed by atoms with E-state index in [1.165, 1.54) is 31.7 Å². The molecule has 2 aromatic rings. The molecule has 156 valence electrons. The van der Waals surface area contributed by atoms with E-state index in [2.05, 4.69) is 15.0 Å². The van der Waals surface area contributed by atoms with Crippen molar-refractivity contribution in [2.45, 2.75) is 45.3 Å². The molecule has 0 radical (unpaired) electrons. The van der Waals surface area contributed by atoms with Crippen molar-refractivity contribution in [2.24, 2.45) is 0 Å².